The minimum Gasteiger partial charge on any atom is -0.292 e. The number of carbonyl (C=O) groups is 3. The summed E-state index contributed by atoms with van der Waals surface area (Å²) in [5.74, 6) is -1.61. The van der Waals surface area contributed by atoms with Gasteiger partial charge < -0.3 is 0 Å². The summed E-state index contributed by atoms with van der Waals surface area (Å²) in [5, 5.41) is 0.558. The van der Waals surface area contributed by atoms with Crippen LogP contribution in [0.2, 0.25) is 5.02 Å². The third-order valence-corrected chi connectivity index (χ3v) is 6.97. The fourth-order valence-electron chi connectivity index (χ4n) is 5.63. The summed E-state index contributed by atoms with van der Waals surface area (Å²) >= 11 is 5.98. The predicted octanol–water partition coefficient (Wildman–Crippen LogP) is 3.79. The Hall–Kier alpha value is -2.50. The Balaban J connectivity index is 1.56. The van der Waals surface area contributed by atoms with Crippen LogP contribution in [0.15, 0.2) is 42.5 Å². The molecule has 0 spiro atoms. The van der Waals surface area contributed by atoms with Crippen LogP contribution < -0.4 is 4.90 Å². The van der Waals surface area contributed by atoms with E-state index >= 15 is 0 Å². The van der Waals surface area contributed by atoms with E-state index < -0.39 is 17.9 Å². The second-order valence-corrected chi connectivity index (χ2v) is 9.11. The van der Waals surface area contributed by atoms with E-state index in [1.54, 1.807) is 24.3 Å². The van der Waals surface area contributed by atoms with Crippen LogP contribution in [0.25, 0.3) is 0 Å². The highest BCUT2D eigenvalue weighted by molar-refractivity contribution is 6.30. The molecule has 5 nitrogen and oxygen atoms in total. The molecule has 2 amide bonds. The van der Waals surface area contributed by atoms with Crippen LogP contribution in [-0.4, -0.2) is 41.1 Å². The highest BCUT2D eigenvalue weighted by Crippen LogP contribution is 2.48. The van der Waals surface area contributed by atoms with Crippen molar-refractivity contribution in [2.45, 2.75) is 38.8 Å². The molecule has 5 rings (SSSR count). The van der Waals surface area contributed by atoms with Crippen molar-refractivity contribution in [1.82, 2.24) is 4.90 Å². The molecule has 3 heterocycles. The van der Waals surface area contributed by atoms with Crippen molar-refractivity contribution in [2.24, 2.45) is 11.8 Å². The van der Waals surface area contributed by atoms with E-state index in [0.717, 1.165) is 30.5 Å². The fraction of sp³-hybridized carbons (Fsp3) is 0.375. The molecule has 2 aromatic rings. The van der Waals surface area contributed by atoms with Crippen molar-refractivity contribution < 1.29 is 14.4 Å². The number of anilines is 1. The monoisotopic (exact) mass is 422 g/mol. The Kier molecular flexibility index (Phi) is 4.56. The van der Waals surface area contributed by atoms with Crippen LogP contribution in [0.1, 0.15) is 34.3 Å². The maximum absolute atomic E-state index is 13.6. The lowest BCUT2D eigenvalue weighted by Crippen LogP contribution is -2.46. The van der Waals surface area contributed by atoms with Crippen molar-refractivity contribution in [3.05, 3.63) is 64.2 Å². The van der Waals surface area contributed by atoms with Gasteiger partial charge in [0.05, 0.1) is 23.6 Å². The number of aryl methyl sites for hydroxylation is 2. The quantitative estimate of drug-likeness (QED) is 0.557. The summed E-state index contributed by atoms with van der Waals surface area (Å²) in [4.78, 5) is 43.9. The van der Waals surface area contributed by atoms with Gasteiger partial charge in [-0.1, -0.05) is 17.7 Å². The maximum atomic E-state index is 13.6. The molecule has 3 aliphatic rings. The first-order valence-electron chi connectivity index (χ1n) is 10.4. The molecule has 0 saturated carbocycles. The van der Waals surface area contributed by atoms with E-state index in [1.165, 1.54) is 4.90 Å². The fourth-order valence-corrected chi connectivity index (χ4v) is 5.76. The van der Waals surface area contributed by atoms with Gasteiger partial charge in [-0.25, -0.2) is 4.90 Å². The first kappa shape index (κ1) is 19.5. The Labute approximate surface area is 180 Å². The van der Waals surface area contributed by atoms with Gasteiger partial charge in [0.1, 0.15) is 0 Å². The lowest BCUT2D eigenvalue weighted by Gasteiger charge is -2.27. The summed E-state index contributed by atoms with van der Waals surface area (Å²) in [6.07, 6.45) is 1.77. The van der Waals surface area contributed by atoms with Crippen molar-refractivity contribution in [3.63, 3.8) is 0 Å². The molecular formula is C24H23ClN2O3. The van der Waals surface area contributed by atoms with E-state index in [4.69, 9.17) is 11.6 Å². The van der Waals surface area contributed by atoms with Crippen LogP contribution in [-0.2, 0) is 9.59 Å². The molecule has 0 aliphatic carbocycles. The van der Waals surface area contributed by atoms with Crippen molar-refractivity contribution in [1.29, 1.82) is 0 Å². The van der Waals surface area contributed by atoms with Gasteiger partial charge in [-0.2, -0.15) is 0 Å². The molecule has 3 saturated heterocycles. The number of halogens is 1. The number of hydrogen-bond donors (Lipinski definition) is 0. The number of rotatable bonds is 3. The van der Waals surface area contributed by atoms with E-state index in [1.807, 2.05) is 32.0 Å². The maximum Gasteiger partial charge on any atom is 0.239 e. The number of ketones is 1. The zero-order valence-corrected chi connectivity index (χ0v) is 17.7. The molecule has 0 bridgehead atoms. The SMILES string of the molecule is Cc1cc(C)cc(N2C(=O)[C@@H]3[C@H](C2=O)[C@@H](C(=O)c2ccc(Cl)cc2)N2CCC[C@@H]32)c1. The first-order valence-corrected chi connectivity index (χ1v) is 10.8. The van der Waals surface area contributed by atoms with E-state index in [9.17, 15) is 14.4 Å². The van der Waals surface area contributed by atoms with Crippen molar-refractivity contribution in [2.75, 3.05) is 11.4 Å². The van der Waals surface area contributed by atoms with Gasteiger partial charge in [0, 0.05) is 16.6 Å². The standard InChI is InChI=1S/C24H23ClN2O3/c1-13-10-14(2)12-17(11-13)27-23(29)19-18-4-3-9-26(18)21(20(19)24(27)30)22(28)15-5-7-16(25)8-6-15/h5-8,10-12,18-21H,3-4,9H2,1-2H3/t18-,19-,20-,21-/m0/s1. The summed E-state index contributed by atoms with van der Waals surface area (Å²) in [5.41, 5.74) is 3.14. The molecule has 0 unspecified atom stereocenters. The number of Topliss-reactive ketones (excluding diaryl/α,β-unsaturated/α-hetero) is 1. The topological polar surface area (TPSA) is 57.7 Å². The zero-order valence-electron chi connectivity index (χ0n) is 17.0. The van der Waals surface area contributed by atoms with Crippen LogP contribution in [0.5, 0.6) is 0 Å². The van der Waals surface area contributed by atoms with Crippen molar-refractivity contribution in [3.8, 4) is 0 Å². The number of nitrogens with zero attached hydrogens (tertiary/aromatic N) is 2. The van der Waals surface area contributed by atoms with Gasteiger partial charge in [-0.15, -0.1) is 0 Å². The highest BCUT2D eigenvalue weighted by Gasteiger charge is 2.64. The number of hydrogen-bond acceptors (Lipinski definition) is 4. The highest BCUT2D eigenvalue weighted by atomic mass is 35.5. The second-order valence-electron chi connectivity index (χ2n) is 8.67. The number of carbonyl (C=O) groups excluding carboxylic acids is 3. The summed E-state index contributed by atoms with van der Waals surface area (Å²) in [7, 11) is 0. The lowest BCUT2D eigenvalue weighted by molar-refractivity contribution is -0.123. The molecule has 4 atom stereocenters. The van der Waals surface area contributed by atoms with Crippen LogP contribution in [0, 0.1) is 25.7 Å². The molecule has 0 N–H and O–H groups in total. The van der Waals surface area contributed by atoms with Crippen LogP contribution in [0.3, 0.4) is 0 Å². The third kappa shape index (κ3) is 2.83. The molecule has 0 radical (unpaired) electrons. The number of imide groups is 1. The molecular weight excluding hydrogens is 400 g/mol. The number of amides is 2. The average molecular weight is 423 g/mol. The molecule has 3 fully saturated rings. The van der Waals surface area contributed by atoms with E-state index in [-0.39, 0.29) is 23.6 Å². The van der Waals surface area contributed by atoms with Gasteiger partial charge in [0.15, 0.2) is 5.78 Å². The number of fused-ring (bicyclic) bond motifs is 3. The normalized spacial score (nSPS) is 28.2. The van der Waals surface area contributed by atoms with Gasteiger partial charge in [0.25, 0.3) is 0 Å². The molecule has 154 valence electrons. The van der Waals surface area contributed by atoms with Crippen LogP contribution in [0.4, 0.5) is 5.69 Å². The van der Waals surface area contributed by atoms with Gasteiger partial charge in [-0.05, 0) is 80.8 Å². The zero-order chi connectivity index (χ0) is 21.2. The molecule has 6 heteroatoms. The Morgan fingerprint density at radius 1 is 0.967 bits per heavy atom. The minimum atomic E-state index is -0.633. The first-order chi connectivity index (χ1) is 14.4. The summed E-state index contributed by atoms with van der Waals surface area (Å²) in [6.45, 7) is 4.65. The number of benzene rings is 2. The molecule has 0 aromatic heterocycles. The Morgan fingerprint density at radius 3 is 2.27 bits per heavy atom. The van der Waals surface area contributed by atoms with Gasteiger partial charge in [0.2, 0.25) is 11.8 Å². The lowest BCUT2D eigenvalue weighted by atomic mass is 9.85. The molecule has 30 heavy (non-hydrogen) atoms. The molecule has 3 aliphatic heterocycles. The van der Waals surface area contributed by atoms with Crippen molar-refractivity contribution >= 4 is 34.9 Å². The smallest absolute Gasteiger partial charge is 0.239 e. The molecule has 2 aromatic carbocycles. The summed E-state index contributed by atoms with van der Waals surface area (Å²) < 4.78 is 0. The predicted molar refractivity (Wildman–Crippen MR) is 115 cm³/mol. The average Bonchev–Trinajstić information content (AvgIpc) is 3.33. The Morgan fingerprint density at radius 2 is 1.60 bits per heavy atom. The third-order valence-electron chi connectivity index (χ3n) is 6.71. The Bertz CT molecular complexity index is 1040. The largest absolute Gasteiger partial charge is 0.292 e. The summed E-state index contributed by atoms with van der Waals surface area (Å²) in [6, 6.07) is 11.9. The second kappa shape index (κ2) is 7.03. The van der Waals surface area contributed by atoms with Gasteiger partial charge >= 0.3 is 0 Å². The van der Waals surface area contributed by atoms with E-state index in [2.05, 4.69) is 4.90 Å². The minimum absolute atomic E-state index is 0.0522. The van der Waals surface area contributed by atoms with E-state index in [0.29, 0.717) is 16.3 Å². The van der Waals surface area contributed by atoms with Crippen LogP contribution >= 0.6 is 11.6 Å². The van der Waals surface area contributed by atoms with Gasteiger partial charge in [-0.3, -0.25) is 19.3 Å².